The molecule has 4 rings (SSSR count). The molecule has 2 N–H and O–H groups in total. The van der Waals surface area contributed by atoms with Crippen molar-refractivity contribution in [3.8, 4) is 0 Å². The van der Waals surface area contributed by atoms with E-state index in [-0.39, 0.29) is 0 Å². The van der Waals surface area contributed by atoms with Crippen molar-refractivity contribution in [3.63, 3.8) is 0 Å². The van der Waals surface area contributed by atoms with E-state index in [4.69, 9.17) is 10.7 Å². The summed E-state index contributed by atoms with van der Waals surface area (Å²) in [6.07, 6.45) is 0. The van der Waals surface area contributed by atoms with Crippen LogP contribution in [-0.4, -0.2) is 18.3 Å². The van der Waals surface area contributed by atoms with Crippen LogP contribution in [0.2, 0.25) is 0 Å². The molecule has 0 fully saturated rings. The quantitative estimate of drug-likeness (QED) is 0.815. The summed E-state index contributed by atoms with van der Waals surface area (Å²) < 4.78 is 0. The van der Waals surface area contributed by atoms with Crippen molar-refractivity contribution >= 4 is 28.3 Å². The first kappa shape index (κ1) is 11.9. The average molecular weight is 281 g/mol. The topological polar surface area (TPSA) is 41.6 Å². The van der Waals surface area contributed by atoms with E-state index in [0.717, 1.165) is 23.9 Å². The summed E-state index contributed by atoms with van der Waals surface area (Å²) in [5.41, 5.74) is 9.30. The SMILES string of the molecule is Nc1ccc2c(c1)N1CC(c3ccccc3)CN=C1S2. The fourth-order valence-corrected chi connectivity index (χ4v) is 3.81. The molecule has 0 saturated carbocycles. The number of nitrogen functional groups attached to an aromatic ring is 1. The summed E-state index contributed by atoms with van der Waals surface area (Å²) in [4.78, 5) is 8.32. The van der Waals surface area contributed by atoms with Crippen LogP contribution in [0.25, 0.3) is 0 Å². The van der Waals surface area contributed by atoms with Gasteiger partial charge in [0.05, 0.1) is 12.2 Å². The molecular weight excluding hydrogens is 266 g/mol. The van der Waals surface area contributed by atoms with E-state index in [9.17, 15) is 0 Å². The highest BCUT2D eigenvalue weighted by Crippen LogP contribution is 2.44. The molecule has 0 aromatic heterocycles. The third kappa shape index (κ3) is 1.88. The highest BCUT2D eigenvalue weighted by molar-refractivity contribution is 8.14. The summed E-state index contributed by atoms with van der Waals surface area (Å²) >= 11 is 1.75. The summed E-state index contributed by atoms with van der Waals surface area (Å²) in [5, 5.41) is 1.11. The van der Waals surface area contributed by atoms with E-state index >= 15 is 0 Å². The standard InChI is InChI=1S/C16H15N3S/c17-13-6-7-15-14(8-13)19-10-12(9-18-16(19)20-15)11-4-2-1-3-5-11/h1-8,12H,9-10,17H2. The third-order valence-electron chi connectivity index (χ3n) is 3.83. The number of rotatable bonds is 1. The molecule has 20 heavy (non-hydrogen) atoms. The van der Waals surface area contributed by atoms with E-state index in [2.05, 4.69) is 47.4 Å². The molecule has 3 nitrogen and oxygen atoms in total. The highest BCUT2D eigenvalue weighted by Gasteiger charge is 2.32. The molecule has 2 aromatic rings. The second-order valence-electron chi connectivity index (χ2n) is 5.17. The maximum absolute atomic E-state index is 5.92. The molecule has 0 saturated heterocycles. The van der Waals surface area contributed by atoms with Gasteiger partial charge in [0.25, 0.3) is 0 Å². The Bertz CT molecular complexity index is 681. The molecule has 2 heterocycles. The smallest absolute Gasteiger partial charge is 0.168 e. The Labute approximate surface area is 122 Å². The lowest BCUT2D eigenvalue weighted by Gasteiger charge is -2.29. The van der Waals surface area contributed by atoms with Crippen LogP contribution in [-0.2, 0) is 0 Å². The molecule has 0 amide bonds. The van der Waals surface area contributed by atoms with Crippen LogP contribution in [0.5, 0.6) is 0 Å². The van der Waals surface area contributed by atoms with Gasteiger partial charge in [-0.05, 0) is 35.5 Å². The summed E-state index contributed by atoms with van der Waals surface area (Å²) in [7, 11) is 0. The fraction of sp³-hybridized carbons (Fsp3) is 0.188. The highest BCUT2D eigenvalue weighted by atomic mass is 32.2. The molecule has 2 aliphatic rings. The van der Waals surface area contributed by atoms with Crippen LogP contribution >= 0.6 is 11.8 Å². The minimum absolute atomic E-state index is 0.452. The van der Waals surface area contributed by atoms with E-state index in [1.54, 1.807) is 11.8 Å². The van der Waals surface area contributed by atoms with Crippen molar-refractivity contribution in [1.82, 2.24) is 0 Å². The van der Waals surface area contributed by atoms with Gasteiger partial charge < -0.3 is 10.6 Å². The van der Waals surface area contributed by atoms with Gasteiger partial charge >= 0.3 is 0 Å². The van der Waals surface area contributed by atoms with Crippen LogP contribution in [0.15, 0.2) is 58.4 Å². The number of fused-ring (bicyclic) bond motifs is 3. The first-order valence-corrected chi connectivity index (χ1v) is 7.57. The van der Waals surface area contributed by atoms with Gasteiger partial charge in [-0.3, -0.25) is 4.99 Å². The number of hydrogen-bond donors (Lipinski definition) is 1. The van der Waals surface area contributed by atoms with Crippen LogP contribution in [0.3, 0.4) is 0 Å². The van der Waals surface area contributed by atoms with Gasteiger partial charge in [0, 0.05) is 23.0 Å². The summed E-state index contributed by atoms with van der Waals surface area (Å²) in [6.45, 7) is 1.85. The monoisotopic (exact) mass is 281 g/mol. The van der Waals surface area contributed by atoms with Crippen molar-refractivity contribution in [2.24, 2.45) is 4.99 Å². The second kappa shape index (κ2) is 4.56. The van der Waals surface area contributed by atoms with Crippen molar-refractivity contribution in [3.05, 3.63) is 54.1 Å². The predicted molar refractivity (Wildman–Crippen MR) is 85.5 cm³/mol. The zero-order valence-electron chi connectivity index (χ0n) is 11.0. The molecule has 2 aromatic carbocycles. The lowest BCUT2D eigenvalue weighted by atomic mass is 9.97. The van der Waals surface area contributed by atoms with Crippen molar-refractivity contribution in [1.29, 1.82) is 0 Å². The fourth-order valence-electron chi connectivity index (χ4n) is 2.78. The molecular formula is C16H15N3S. The number of hydrogen-bond acceptors (Lipinski definition) is 4. The summed E-state index contributed by atoms with van der Waals surface area (Å²) in [5.74, 6) is 0.452. The number of thioether (sulfide) groups is 1. The van der Waals surface area contributed by atoms with Gasteiger partial charge in [-0.1, -0.05) is 30.3 Å². The Hall–Kier alpha value is -1.94. The zero-order chi connectivity index (χ0) is 13.5. The maximum Gasteiger partial charge on any atom is 0.168 e. The number of amidine groups is 1. The van der Waals surface area contributed by atoms with Crippen molar-refractivity contribution in [2.75, 3.05) is 23.7 Å². The van der Waals surface area contributed by atoms with E-state index in [0.29, 0.717) is 5.92 Å². The number of benzene rings is 2. The van der Waals surface area contributed by atoms with Crippen LogP contribution in [0, 0.1) is 0 Å². The molecule has 0 radical (unpaired) electrons. The molecule has 0 aliphatic carbocycles. The first-order valence-electron chi connectivity index (χ1n) is 6.75. The normalized spacial score (nSPS) is 20.3. The van der Waals surface area contributed by atoms with Crippen molar-refractivity contribution in [2.45, 2.75) is 10.8 Å². The summed E-state index contributed by atoms with van der Waals surface area (Å²) in [6, 6.07) is 16.7. The number of anilines is 2. The minimum Gasteiger partial charge on any atom is -0.399 e. The van der Waals surface area contributed by atoms with Gasteiger partial charge in [-0.15, -0.1) is 0 Å². The van der Waals surface area contributed by atoms with E-state index in [1.807, 2.05) is 6.07 Å². The van der Waals surface area contributed by atoms with Gasteiger partial charge in [-0.25, -0.2) is 0 Å². The third-order valence-corrected chi connectivity index (χ3v) is 4.92. The van der Waals surface area contributed by atoms with Gasteiger partial charge in [0.1, 0.15) is 0 Å². The number of aliphatic imine (C=N–C) groups is 1. The Kier molecular flexibility index (Phi) is 2.70. The number of nitrogens with zero attached hydrogens (tertiary/aromatic N) is 2. The molecule has 1 unspecified atom stereocenters. The first-order chi connectivity index (χ1) is 9.81. The Morgan fingerprint density at radius 3 is 2.85 bits per heavy atom. The molecule has 0 spiro atoms. The Morgan fingerprint density at radius 1 is 1.15 bits per heavy atom. The molecule has 1 atom stereocenters. The van der Waals surface area contributed by atoms with Gasteiger partial charge in [-0.2, -0.15) is 0 Å². The van der Waals surface area contributed by atoms with Crippen molar-refractivity contribution < 1.29 is 0 Å². The van der Waals surface area contributed by atoms with E-state index in [1.165, 1.54) is 16.1 Å². The molecule has 0 bridgehead atoms. The van der Waals surface area contributed by atoms with Gasteiger partial charge in [0.2, 0.25) is 0 Å². The predicted octanol–water partition coefficient (Wildman–Crippen LogP) is 3.33. The lowest BCUT2D eigenvalue weighted by molar-refractivity contribution is 0.680. The van der Waals surface area contributed by atoms with Crippen LogP contribution < -0.4 is 10.6 Å². The maximum atomic E-state index is 5.92. The van der Waals surface area contributed by atoms with Gasteiger partial charge in [0.15, 0.2) is 5.17 Å². The van der Waals surface area contributed by atoms with Crippen LogP contribution in [0.4, 0.5) is 11.4 Å². The van der Waals surface area contributed by atoms with E-state index < -0.39 is 0 Å². The second-order valence-corrected chi connectivity index (χ2v) is 6.18. The zero-order valence-corrected chi connectivity index (χ0v) is 11.8. The number of nitrogens with two attached hydrogens (primary N) is 1. The Balaban J connectivity index is 1.69. The Morgan fingerprint density at radius 2 is 2.00 bits per heavy atom. The minimum atomic E-state index is 0.452. The molecule has 2 aliphatic heterocycles. The molecule has 100 valence electrons. The average Bonchev–Trinajstić information content (AvgIpc) is 2.85. The van der Waals surface area contributed by atoms with Crippen LogP contribution in [0.1, 0.15) is 11.5 Å². The largest absolute Gasteiger partial charge is 0.399 e. The lowest BCUT2D eigenvalue weighted by Crippen LogP contribution is -2.35. The molecule has 4 heteroatoms.